The van der Waals surface area contributed by atoms with E-state index >= 15 is 0 Å². The zero-order chi connectivity index (χ0) is 10.4. The van der Waals surface area contributed by atoms with Gasteiger partial charge in [0.25, 0.3) is 0 Å². The first-order chi connectivity index (χ1) is 6.83. The number of hydrogen-bond acceptors (Lipinski definition) is 0. The van der Waals surface area contributed by atoms with Crippen molar-refractivity contribution in [3.63, 3.8) is 0 Å². The molecule has 0 fully saturated rings. The van der Waals surface area contributed by atoms with Gasteiger partial charge in [-0.05, 0) is 35.9 Å². The first kappa shape index (κ1) is 12.3. The summed E-state index contributed by atoms with van der Waals surface area (Å²) in [5.41, 5.74) is 1.42. The summed E-state index contributed by atoms with van der Waals surface area (Å²) < 4.78 is 0. The second-order valence-electron chi connectivity index (χ2n) is 2.87. The first-order valence-corrected chi connectivity index (χ1v) is 9.16. The molecule has 0 amide bonds. The van der Waals surface area contributed by atoms with Crippen LogP contribution in [0.15, 0.2) is 35.4 Å². The smallest absolute Gasteiger partial charge is 0.0127 e. The molecule has 0 saturated heterocycles. The molecule has 0 nitrogen and oxygen atoms in total. The van der Waals surface area contributed by atoms with Crippen molar-refractivity contribution in [1.82, 2.24) is 0 Å². The van der Waals surface area contributed by atoms with Gasteiger partial charge in [-0.25, -0.2) is 0 Å². The van der Waals surface area contributed by atoms with Crippen LogP contribution in [0.3, 0.4) is 0 Å². The van der Waals surface area contributed by atoms with E-state index in [0.717, 1.165) is 25.7 Å². The lowest BCUT2D eigenvalue weighted by Gasteiger charge is -2.11. The summed E-state index contributed by atoms with van der Waals surface area (Å²) in [7, 11) is 2.83. The first-order valence-electron chi connectivity index (χ1n) is 4.66. The lowest BCUT2D eigenvalue weighted by atomic mass is 10.2. The average Bonchev–Trinajstić information content (AvgIpc) is 2.27. The molecule has 0 heterocycles. The second kappa shape index (κ2) is 6.68. The van der Waals surface area contributed by atoms with Gasteiger partial charge in [0, 0.05) is 0 Å². The molecular formula is C11H17P3. The Labute approximate surface area is 92.3 Å². The summed E-state index contributed by atoms with van der Waals surface area (Å²) in [6.07, 6.45) is 0. The quantitative estimate of drug-likeness (QED) is 0.693. The van der Waals surface area contributed by atoms with Gasteiger partial charge in [-0.3, -0.25) is 0 Å². The van der Waals surface area contributed by atoms with Crippen LogP contribution in [-0.2, 0) is 0 Å². The average molecular weight is 242 g/mol. The van der Waals surface area contributed by atoms with Gasteiger partial charge < -0.3 is 0 Å². The zero-order valence-corrected chi connectivity index (χ0v) is 11.9. The predicted molar refractivity (Wildman–Crippen MR) is 76.1 cm³/mol. The van der Waals surface area contributed by atoms with Crippen LogP contribution in [0, 0.1) is 0 Å². The summed E-state index contributed by atoms with van der Waals surface area (Å²) in [5, 5.41) is 3.25. The minimum absolute atomic E-state index is 0.914. The summed E-state index contributed by atoms with van der Waals surface area (Å²) in [6, 6.07) is 10.8. The van der Waals surface area contributed by atoms with Crippen LogP contribution in [0.1, 0.15) is 5.56 Å². The monoisotopic (exact) mass is 242 g/mol. The van der Waals surface area contributed by atoms with E-state index < -0.39 is 0 Å². The van der Waals surface area contributed by atoms with Crippen LogP contribution in [-0.4, -0.2) is 20.0 Å². The van der Waals surface area contributed by atoms with Gasteiger partial charge in [0.15, 0.2) is 0 Å². The van der Waals surface area contributed by atoms with E-state index in [2.05, 4.69) is 50.3 Å². The largest absolute Gasteiger partial charge is 0.0927 e. The molecule has 1 aromatic carbocycles. The van der Waals surface area contributed by atoms with E-state index in [1.807, 2.05) is 0 Å². The van der Waals surface area contributed by atoms with Gasteiger partial charge in [0.2, 0.25) is 0 Å². The van der Waals surface area contributed by atoms with Gasteiger partial charge in [-0.1, -0.05) is 56.1 Å². The Balaban J connectivity index is 3.09. The molecule has 0 N–H and O–H groups in total. The molecule has 0 bridgehead atoms. The molecule has 0 radical (unpaired) electrons. The minimum Gasteiger partial charge on any atom is -0.0927 e. The highest BCUT2D eigenvalue weighted by Crippen LogP contribution is 2.46. The van der Waals surface area contributed by atoms with Crippen molar-refractivity contribution in [2.24, 2.45) is 0 Å². The van der Waals surface area contributed by atoms with E-state index in [1.54, 1.807) is 10.4 Å². The van der Waals surface area contributed by atoms with Crippen LogP contribution >= 0.6 is 25.7 Å². The Morgan fingerprint density at radius 1 is 0.857 bits per heavy atom. The third-order valence-corrected chi connectivity index (χ3v) is 6.60. The molecule has 3 heteroatoms. The normalized spacial score (nSPS) is 12.5. The lowest BCUT2D eigenvalue weighted by Crippen LogP contribution is -1.78. The third kappa shape index (κ3) is 3.13. The van der Waals surface area contributed by atoms with E-state index in [1.165, 1.54) is 5.56 Å². The molecule has 1 rings (SSSR count). The molecule has 76 valence electrons. The number of rotatable bonds is 4. The molecule has 0 aliphatic heterocycles. The van der Waals surface area contributed by atoms with E-state index in [-0.39, 0.29) is 0 Å². The predicted octanol–water partition coefficient (Wildman–Crippen LogP) is 4.24. The number of benzene rings is 1. The van der Waals surface area contributed by atoms with Gasteiger partial charge in [0.1, 0.15) is 0 Å². The van der Waals surface area contributed by atoms with Crippen LogP contribution in [0.4, 0.5) is 0 Å². The molecule has 0 aliphatic carbocycles. The number of hydrogen-bond donors (Lipinski definition) is 0. The van der Waals surface area contributed by atoms with Crippen molar-refractivity contribution in [1.29, 1.82) is 0 Å². The molecule has 0 aromatic heterocycles. The zero-order valence-electron chi connectivity index (χ0n) is 8.89. The maximum Gasteiger partial charge on any atom is -0.0127 e. The van der Waals surface area contributed by atoms with Gasteiger partial charge in [0.05, 0.1) is 0 Å². The molecular weight excluding hydrogens is 225 g/mol. The van der Waals surface area contributed by atoms with Gasteiger partial charge >= 0.3 is 0 Å². The van der Waals surface area contributed by atoms with Crippen LogP contribution < -0.4 is 0 Å². The Morgan fingerprint density at radius 2 is 1.43 bits per heavy atom. The van der Waals surface area contributed by atoms with Crippen LogP contribution in [0.25, 0.3) is 5.31 Å². The Hall–Kier alpha value is 0.250. The van der Waals surface area contributed by atoms with Crippen molar-refractivity contribution in [3.05, 3.63) is 41.0 Å². The van der Waals surface area contributed by atoms with Gasteiger partial charge in [-0.15, -0.1) is 0 Å². The molecule has 0 spiro atoms. The fourth-order valence-corrected chi connectivity index (χ4v) is 5.39. The minimum atomic E-state index is 0.914. The van der Waals surface area contributed by atoms with Crippen molar-refractivity contribution in [3.8, 4) is 0 Å². The maximum absolute atomic E-state index is 2.29. The van der Waals surface area contributed by atoms with Crippen molar-refractivity contribution in [2.45, 2.75) is 0 Å². The second-order valence-corrected chi connectivity index (χ2v) is 6.37. The lowest BCUT2D eigenvalue weighted by molar-refractivity contribution is 1.65. The van der Waals surface area contributed by atoms with Crippen LogP contribution in [0.5, 0.6) is 0 Å². The highest BCUT2D eigenvalue weighted by molar-refractivity contribution is 7.66. The van der Waals surface area contributed by atoms with Gasteiger partial charge in [-0.2, -0.15) is 0 Å². The Kier molecular flexibility index (Phi) is 5.88. The topological polar surface area (TPSA) is 0 Å². The van der Waals surface area contributed by atoms with Crippen molar-refractivity contribution >= 4 is 31.1 Å². The molecule has 3 atom stereocenters. The van der Waals surface area contributed by atoms with Crippen LogP contribution in [0.2, 0.25) is 0 Å². The highest BCUT2D eigenvalue weighted by Gasteiger charge is 2.03. The summed E-state index contributed by atoms with van der Waals surface area (Å²) in [4.78, 5) is 0. The molecule has 0 aliphatic rings. The van der Waals surface area contributed by atoms with Crippen molar-refractivity contribution in [2.75, 3.05) is 20.0 Å². The fraction of sp³-hybridized carbons (Fsp3) is 0.273. The highest BCUT2D eigenvalue weighted by atomic mass is 31.1. The summed E-state index contributed by atoms with van der Waals surface area (Å²) in [5.74, 6) is 0. The third-order valence-electron chi connectivity index (χ3n) is 2.06. The molecule has 3 unspecified atom stereocenters. The Bertz CT molecular complexity index is 298. The maximum atomic E-state index is 2.29. The molecule has 1 aromatic rings. The summed E-state index contributed by atoms with van der Waals surface area (Å²) in [6.45, 7) is 6.85. The van der Waals surface area contributed by atoms with E-state index in [9.17, 15) is 0 Å². The summed E-state index contributed by atoms with van der Waals surface area (Å²) >= 11 is 0. The SMILES string of the molecule is CPC(PC)=C(PC)c1ccccc1. The molecule has 14 heavy (non-hydrogen) atoms. The van der Waals surface area contributed by atoms with Crippen molar-refractivity contribution < 1.29 is 0 Å². The fourth-order valence-electron chi connectivity index (χ4n) is 1.39. The standard InChI is InChI=1S/C11H17P3/c1-12-10(11(13-2)14-3)9-7-5-4-6-8-9/h4-8,12-14H,1-3H3. The molecule has 0 saturated carbocycles. The Morgan fingerprint density at radius 3 is 1.86 bits per heavy atom. The van der Waals surface area contributed by atoms with E-state index in [4.69, 9.17) is 0 Å². The van der Waals surface area contributed by atoms with E-state index in [0.29, 0.717) is 0 Å².